The van der Waals surface area contributed by atoms with Crippen molar-refractivity contribution in [1.82, 2.24) is 10.6 Å². The number of carbonyl (C=O) groups is 3. The molecule has 1 unspecified atom stereocenters. The highest BCUT2D eigenvalue weighted by atomic mass is 16.5. The number of hydrogen-bond donors (Lipinski definition) is 2. The molecule has 29 heavy (non-hydrogen) atoms. The Morgan fingerprint density at radius 1 is 0.828 bits per heavy atom. The third kappa shape index (κ3) is 19.6. The van der Waals surface area contributed by atoms with E-state index >= 15 is 0 Å². The van der Waals surface area contributed by atoms with Gasteiger partial charge in [-0.25, -0.2) is 0 Å². The number of Topliss-reactive ketones (excluding diaryl/α,β-unsaturated/α-hetero) is 1. The Hall–Kier alpha value is -1.51. The van der Waals surface area contributed by atoms with E-state index in [1.54, 1.807) is 0 Å². The molecule has 2 amide bonds. The van der Waals surface area contributed by atoms with Crippen LogP contribution in [0.1, 0.15) is 57.2 Å². The van der Waals surface area contributed by atoms with Crippen molar-refractivity contribution in [3.8, 4) is 0 Å². The van der Waals surface area contributed by atoms with Crippen LogP contribution in [0.25, 0.3) is 0 Å². The van der Waals surface area contributed by atoms with Gasteiger partial charge in [0.2, 0.25) is 11.8 Å². The van der Waals surface area contributed by atoms with Crippen LogP contribution < -0.4 is 10.6 Å². The molecule has 176 valence electrons. The number of hydrogen-bond acceptors (Lipinski definition) is 6. The van der Waals surface area contributed by atoms with E-state index in [1.807, 2.05) is 41.5 Å². The molecule has 8 heteroatoms. The largest absolute Gasteiger partial charge is 0.379 e. The standard InChI is InChI=1S/C19H36N2O6.C2H6.2H2/c1-5-16(4)17(22)14-27-11-7-20-18(23)6-9-25-12-13-26-10-8-21-19(24)15(2)3;1-2;;/h15-16H,5-14H2,1-4H3,(H,20,23)(H,21,24);1-2H3;2*1H. The molecule has 8 nitrogen and oxygen atoms in total. The van der Waals surface area contributed by atoms with E-state index < -0.39 is 0 Å². The molecule has 1 atom stereocenters. The summed E-state index contributed by atoms with van der Waals surface area (Å²) in [5.41, 5.74) is 0. The molecule has 0 aliphatic carbocycles. The van der Waals surface area contributed by atoms with E-state index in [1.165, 1.54) is 0 Å². The third-order valence-electron chi connectivity index (χ3n) is 3.89. The first-order valence-electron chi connectivity index (χ1n) is 10.7. The lowest BCUT2D eigenvalue weighted by Gasteiger charge is -2.09. The van der Waals surface area contributed by atoms with Gasteiger partial charge in [0, 0.05) is 34.2 Å². The molecule has 0 rings (SSSR count). The molecule has 2 N–H and O–H groups in total. The van der Waals surface area contributed by atoms with Gasteiger partial charge in [0.05, 0.1) is 33.0 Å². The summed E-state index contributed by atoms with van der Waals surface area (Å²) in [6, 6.07) is 0. The van der Waals surface area contributed by atoms with E-state index in [0.29, 0.717) is 46.1 Å². The van der Waals surface area contributed by atoms with Gasteiger partial charge < -0.3 is 24.8 Å². The Balaban J connectivity index is -0.000000882. The minimum absolute atomic E-state index is 0. The fourth-order valence-corrected chi connectivity index (χ4v) is 1.83. The van der Waals surface area contributed by atoms with Crippen LogP contribution in [0.3, 0.4) is 0 Å². The average Bonchev–Trinajstić information content (AvgIpc) is 2.72. The van der Waals surface area contributed by atoms with Gasteiger partial charge in [-0.1, -0.05) is 41.5 Å². The van der Waals surface area contributed by atoms with Gasteiger partial charge in [0.25, 0.3) is 0 Å². The maximum Gasteiger partial charge on any atom is 0.222 e. The lowest BCUT2D eigenvalue weighted by molar-refractivity contribution is -0.127. The van der Waals surface area contributed by atoms with Crippen molar-refractivity contribution in [3.63, 3.8) is 0 Å². The lowest BCUT2D eigenvalue weighted by atomic mass is 10.1. The van der Waals surface area contributed by atoms with E-state index in [0.717, 1.165) is 6.42 Å². The van der Waals surface area contributed by atoms with Crippen molar-refractivity contribution in [2.75, 3.05) is 52.7 Å². The Labute approximate surface area is 179 Å². The van der Waals surface area contributed by atoms with E-state index in [9.17, 15) is 14.4 Å². The highest BCUT2D eigenvalue weighted by Gasteiger charge is 2.10. The predicted molar refractivity (Wildman–Crippen MR) is 118 cm³/mol. The minimum Gasteiger partial charge on any atom is -0.379 e. The highest BCUT2D eigenvalue weighted by molar-refractivity contribution is 5.81. The summed E-state index contributed by atoms with van der Waals surface area (Å²) < 4.78 is 15.9. The summed E-state index contributed by atoms with van der Waals surface area (Å²) in [6.45, 7) is 14.3. The van der Waals surface area contributed by atoms with Crippen LogP contribution in [0.15, 0.2) is 0 Å². The van der Waals surface area contributed by atoms with Crippen molar-refractivity contribution in [3.05, 3.63) is 0 Å². The zero-order valence-corrected chi connectivity index (χ0v) is 19.2. The first kappa shape index (κ1) is 29.7. The summed E-state index contributed by atoms with van der Waals surface area (Å²) in [7, 11) is 0. The molecule has 0 radical (unpaired) electrons. The topological polar surface area (TPSA) is 103 Å². The second-order valence-corrected chi connectivity index (χ2v) is 6.60. The number of ether oxygens (including phenoxy) is 3. The molecule has 0 fully saturated rings. The molecule has 0 aromatic rings. The van der Waals surface area contributed by atoms with Crippen LogP contribution in [0.4, 0.5) is 0 Å². The first-order valence-corrected chi connectivity index (χ1v) is 10.7. The van der Waals surface area contributed by atoms with Crippen LogP contribution >= 0.6 is 0 Å². The van der Waals surface area contributed by atoms with Crippen molar-refractivity contribution in [2.45, 2.75) is 54.4 Å². The van der Waals surface area contributed by atoms with Crippen LogP contribution in [0.2, 0.25) is 0 Å². The highest BCUT2D eigenvalue weighted by Crippen LogP contribution is 2.01. The second kappa shape index (κ2) is 21.2. The molecular formula is C21H46N2O6. The summed E-state index contributed by atoms with van der Waals surface area (Å²) >= 11 is 0. The van der Waals surface area contributed by atoms with Gasteiger partial charge in [0.1, 0.15) is 6.61 Å². The smallest absolute Gasteiger partial charge is 0.222 e. The minimum atomic E-state index is -0.121. The van der Waals surface area contributed by atoms with Crippen LogP contribution in [-0.4, -0.2) is 70.3 Å². The third-order valence-corrected chi connectivity index (χ3v) is 3.89. The number of ketones is 1. The molecule has 0 bridgehead atoms. The fraction of sp³-hybridized carbons (Fsp3) is 0.857. The van der Waals surface area contributed by atoms with Crippen LogP contribution in [-0.2, 0) is 28.6 Å². The summed E-state index contributed by atoms with van der Waals surface area (Å²) in [5, 5.41) is 5.47. The number of rotatable bonds is 17. The second-order valence-electron chi connectivity index (χ2n) is 6.60. The number of nitrogens with one attached hydrogen (secondary N) is 2. The van der Waals surface area contributed by atoms with Gasteiger partial charge in [0.15, 0.2) is 5.78 Å². The number of amides is 2. The normalized spacial score (nSPS) is 11.4. The van der Waals surface area contributed by atoms with Gasteiger partial charge >= 0.3 is 0 Å². The fourth-order valence-electron chi connectivity index (χ4n) is 1.83. The molecule has 0 saturated carbocycles. The molecular weight excluding hydrogens is 376 g/mol. The van der Waals surface area contributed by atoms with E-state index in [2.05, 4.69) is 10.6 Å². The Morgan fingerprint density at radius 2 is 1.38 bits per heavy atom. The maximum atomic E-state index is 11.6. The molecule has 0 spiro atoms. The summed E-state index contributed by atoms with van der Waals surface area (Å²) in [6.07, 6.45) is 1.06. The lowest BCUT2D eigenvalue weighted by Crippen LogP contribution is -2.31. The van der Waals surface area contributed by atoms with E-state index in [-0.39, 0.29) is 45.3 Å². The molecule has 0 aliphatic rings. The summed E-state index contributed by atoms with van der Waals surface area (Å²) in [4.78, 5) is 34.5. The van der Waals surface area contributed by atoms with Gasteiger partial charge in [-0.05, 0) is 6.42 Å². The molecule has 0 aromatic heterocycles. The van der Waals surface area contributed by atoms with Crippen molar-refractivity contribution in [1.29, 1.82) is 0 Å². The number of carbonyl (C=O) groups excluding carboxylic acids is 3. The molecule has 0 heterocycles. The van der Waals surface area contributed by atoms with Crippen LogP contribution in [0.5, 0.6) is 0 Å². The monoisotopic (exact) mass is 422 g/mol. The quantitative estimate of drug-likeness (QED) is 0.349. The molecule has 0 aromatic carbocycles. The van der Waals surface area contributed by atoms with Gasteiger partial charge in [-0.15, -0.1) is 0 Å². The van der Waals surface area contributed by atoms with Crippen molar-refractivity contribution < 1.29 is 31.4 Å². The van der Waals surface area contributed by atoms with Crippen molar-refractivity contribution in [2.24, 2.45) is 11.8 Å². The molecule has 0 saturated heterocycles. The van der Waals surface area contributed by atoms with E-state index in [4.69, 9.17) is 14.2 Å². The SMILES string of the molecule is CC.CCC(C)C(=O)COCCNC(=O)CCOCCOCCNC(=O)C(C)C.[HH].[HH]. The summed E-state index contributed by atoms with van der Waals surface area (Å²) in [5.74, 6) is -0.0444. The zero-order valence-electron chi connectivity index (χ0n) is 19.2. The average molecular weight is 423 g/mol. The predicted octanol–water partition coefficient (Wildman–Crippen LogP) is 2.45. The first-order chi connectivity index (χ1) is 13.9. The Kier molecular flexibility index (Phi) is 21.7. The van der Waals surface area contributed by atoms with Crippen LogP contribution in [0, 0.1) is 11.8 Å². The molecule has 0 aliphatic heterocycles. The maximum absolute atomic E-state index is 11.6. The van der Waals surface area contributed by atoms with Gasteiger partial charge in [-0.2, -0.15) is 0 Å². The van der Waals surface area contributed by atoms with Crippen molar-refractivity contribution >= 4 is 17.6 Å². The van der Waals surface area contributed by atoms with Gasteiger partial charge in [-0.3, -0.25) is 14.4 Å². The Morgan fingerprint density at radius 3 is 1.97 bits per heavy atom. The zero-order chi connectivity index (χ0) is 22.5. The Bertz CT molecular complexity index is 440.